The number of hydrogen-bond donors (Lipinski definition) is 1. The van der Waals surface area contributed by atoms with E-state index in [0.29, 0.717) is 0 Å². The Morgan fingerprint density at radius 3 is 2.80 bits per heavy atom. The molecule has 0 aliphatic carbocycles. The van der Waals surface area contributed by atoms with Crippen LogP contribution in [0.1, 0.15) is 25.6 Å². The van der Waals surface area contributed by atoms with Gasteiger partial charge in [-0.05, 0) is 41.9 Å². The molecule has 0 bridgehead atoms. The van der Waals surface area contributed by atoms with Gasteiger partial charge in [0.2, 0.25) is 0 Å². The van der Waals surface area contributed by atoms with Crippen LogP contribution in [0.4, 0.5) is 0 Å². The second-order valence-electron chi connectivity index (χ2n) is 3.67. The topological polar surface area (TPSA) is 25.2 Å². The highest BCUT2D eigenvalue weighted by atomic mass is 79.9. The van der Waals surface area contributed by atoms with Gasteiger partial charge in [0, 0.05) is 22.1 Å². The summed E-state index contributed by atoms with van der Waals surface area (Å²) in [6, 6.07) is 8.16. The van der Waals surface area contributed by atoms with E-state index in [-0.39, 0.29) is 0 Å². The number of benzene rings is 1. The molecule has 0 spiro atoms. The third-order valence-electron chi connectivity index (χ3n) is 2.65. The quantitative estimate of drug-likeness (QED) is 0.886. The van der Waals surface area contributed by atoms with Crippen molar-refractivity contribution in [3.8, 4) is 0 Å². The number of para-hydroxylation sites is 1. The lowest BCUT2D eigenvalue weighted by Gasteiger charge is -2.10. The third kappa shape index (κ3) is 1.70. The molecule has 1 aromatic heterocycles. The average molecular weight is 268 g/mol. The maximum Gasteiger partial charge on any atom is 0.0912 e. The van der Waals surface area contributed by atoms with Gasteiger partial charge >= 0.3 is 0 Å². The largest absolute Gasteiger partial charge is 0.387 e. The number of aliphatic hydroxyl groups is 1. The summed E-state index contributed by atoms with van der Waals surface area (Å²) < 4.78 is 3.22. The highest BCUT2D eigenvalue weighted by molar-refractivity contribution is 9.10. The maximum absolute atomic E-state index is 9.69. The van der Waals surface area contributed by atoms with Crippen molar-refractivity contribution in [3.05, 3.63) is 34.4 Å². The van der Waals surface area contributed by atoms with Gasteiger partial charge in [-0.2, -0.15) is 0 Å². The zero-order valence-electron chi connectivity index (χ0n) is 8.87. The van der Waals surface area contributed by atoms with Gasteiger partial charge in [0.25, 0.3) is 0 Å². The van der Waals surface area contributed by atoms with Crippen molar-refractivity contribution in [1.29, 1.82) is 0 Å². The number of halogens is 1. The van der Waals surface area contributed by atoms with Gasteiger partial charge in [-0.15, -0.1) is 0 Å². The fourth-order valence-electron chi connectivity index (χ4n) is 1.99. The standard InChI is InChI=1S/C12H14BrNO/c1-3-14-11(8(2)15)7-9-5-4-6-10(13)12(9)14/h4-8,15H,3H2,1-2H3. The van der Waals surface area contributed by atoms with Gasteiger partial charge in [-0.25, -0.2) is 0 Å². The van der Waals surface area contributed by atoms with Crippen LogP contribution in [-0.4, -0.2) is 9.67 Å². The lowest BCUT2D eigenvalue weighted by Crippen LogP contribution is -2.03. The number of hydrogen-bond acceptors (Lipinski definition) is 1. The van der Waals surface area contributed by atoms with Gasteiger partial charge in [-0.3, -0.25) is 0 Å². The molecular formula is C12H14BrNO. The normalized spacial score (nSPS) is 13.3. The van der Waals surface area contributed by atoms with Crippen molar-refractivity contribution >= 4 is 26.8 Å². The molecule has 0 saturated carbocycles. The van der Waals surface area contributed by atoms with E-state index in [1.54, 1.807) is 6.92 Å². The first-order chi connectivity index (χ1) is 7.15. The molecule has 0 amide bonds. The van der Waals surface area contributed by atoms with Crippen LogP contribution in [0.25, 0.3) is 10.9 Å². The van der Waals surface area contributed by atoms with E-state index in [9.17, 15) is 5.11 Å². The first-order valence-electron chi connectivity index (χ1n) is 5.11. The van der Waals surface area contributed by atoms with Crippen LogP contribution in [0.15, 0.2) is 28.7 Å². The minimum atomic E-state index is -0.427. The molecule has 3 heteroatoms. The molecule has 1 N–H and O–H groups in total. The van der Waals surface area contributed by atoms with E-state index in [1.807, 2.05) is 18.2 Å². The fraction of sp³-hybridized carbons (Fsp3) is 0.333. The van der Waals surface area contributed by atoms with Crippen molar-refractivity contribution in [2.75, 3.05) is 0 Å². The van der Waals surface area contributed by atoms with E-state index in [4.69, 9.17) is 0 Å². The number of aromatic nitrogens is 1. The molecule has 1 aromatic carbocycles. The Balaban J connectivity index is 2.80. The van der Waals surface area contributed by atoms with Crippen LogP contribution in [0.2, 0.25) is 0 Å². The highest BCUT2D eigenvalue weighted by Crippen LogP contribution is 2.29. The van der Waals surface area contributed by atoms with E-state index < -0.39 is 6.10 Å². The Labute approximate surface area is 97.7 Å². The zero-order valence-corrected chi connectivity index (χ0v) is 10.5. The summed E-state index contributed by atoms with van der Waals surface area (Å²) in [5, 5.41) is 10.9. The molecule has 1 unspecified atom stereocenters. The number of fused-ring (bicyclic) bond motifs is 1. The molecule has 80 valence electrons. The van der Waals surface area contributed by atoms with Crippen LogP contribution < -0.4 is 0 Å². The van der Waals surface area contributed by atoms with Crippen molar-refractivity contribution in [1.82, 2.24) is 4.57 Å². The van der Waals surface area contributed by atoms with E-state index in [1.165, 1.54) is 5.39 Å². The lowest BCUT2D eigenvalue weighted by molar-refractivity contribution is 0.190. The summed E-state index contributed by atoms with van der Waals surface area (Å²) in [4.78, 5) is 0. The highest BCUT2D eigenvalue weighted by Gasteiger charge is 2.12. The molecule has 0 radical (unpaired) electrons. The Bertz CT molecular complexity index is 488. The van der Waals surface area contributed by atoms with Crippen molar-refractivity contribution in [2.45, 2.75) is 26.5 Å². The van der Waals surface area contributed by atoms with Gasteiger partial charge in [0.05, 0.1) is 11.6 Å². The van der Waals surface area contributed by atoms with Crippen molar-refractivity contribution in [2.24, 2.45) is 0 Å². The Morgan fingerprint density at radius 1 is 1.47 bits per heavy atom. The summed E-state index contributed by atoms with van der Waals surface area (Å²) >= 11 is 3.55. The lowest BCUT2D eigenvalue weighted by atomic mass is 10.2. The molecule has 15 heavy (non-hydrogen) atoms. The molecule has 0 saturated heterocycles. The van der Waals surface area contributed by atoms with Gasteiger partial charge in [0.15, 0.2) is 0 Å². The number of nitrogens with zero attached hydrogens (tertiary/aromatic N) is 1. The third-order valence-corrected chi connectivity index (χ3v) is 3.29. The van der Waals surface area contributed by atoms with Crippen molar-refractivity contribution in [3.63, 3.8) is 0 Å². The van der Waals surface area contributed by atoms with Crippen LogP contribution >= 0.6 is 15.9 Å². The van der Waals surface area contributed by atoms with Crippen molar-refractivity contribution < 1.29 is 5.11 Å². The predicted octanol–water partition coefficient (Wildman–Crippen LogP) is 3.48. The fourth-order valence-corrected chi connectivity index (χ4v) is 2.58. The number of aryl methyl sites for hydroxylation is 1. The molecule has 1 heterocycles. The molecule has 1 atom stereocenters. The van der Waals surface area contributed by atoms with E-state index in [0.717, 1.165) is 22.2 Å². The van der Waals surface area contributed by atoms with E-state index >= 15 is 0 Å². The van der Waals surface area contributed by atoms with Gasteiger partial charge in [0.1, 0.15) is 0 Å². The molecule has 0 aliphatic heterocycles. The monoisotopic (exact) mass is 267 g/mol. The first-order valence-corrected chi connectivity index (χ1v) is 5.90. The molecule has 0 aliphatic rings. The minimum Gasteiger partial charge on any atom is -0.387 e. The first kappa shape index (κ1) is 10.7. The maximum atomic E-state index is 9.69. The van der Waals surface area contributed by atoms with Crippen LogP contribution in [-0.2, 0) is 6.54 Å². The van der Waals surface area contributed by atoms with Gasteiger partial charge in [-0.1, -0.05) is 12.1 Å². The minimum absolute atomic E-state index is 0.427. The number of aliphatic hydroxyl groups excluding tert-OH is 1. The van der Waals surface area contributed by atoms with E-state index in [2.05, 4.69) is 33.5 Å². The second kappa shape index (κ2) is 3.99. The Morgan fingerprint density at radius 2 is 2.20 bits per heavy atom. The molecule has 2 rings (SSSR count). The smallest absolute Gasteiger partial charge is 0.0912 e. The van der Waals surface area contributed by atoms with Crippen LogP contribution in [0.5, 0.6) is 0 Å². The Hall–Kier alpha value is -0.800. The summed E-state index contributed by atoms with van der Waals surface area (Å²) in [5.74, 6) is 0. The van der Waals surface area contributed by atoms with Gasteiger partial charge < -0.3 is 9.67 Å². The second-order valence-corrected chi connectivity index (χ2v) is 4.52. The number of rotatable bonds is 2. The summed E-state index contributed by atoms with van der Waals surface area (Å²) in [7, 11) is 0. The Kier molecular flexibility index (Phi) is 2.85. The molecule has 2 aromatic rings. The molecular weight excluding hydrogens is 254 g/mol. The molecule has 0 fully saturated rings. The average Bonchev–Trinajstić information content (AvgIpc) is 2.57. The van der Waals surface area contributed by atoms with Crippen LogP contribution in [0.3, 0.4) is 0 Å². The molecule has 2 nitrogen and oxygen atoms in total. The van der Waals surface area contributed by atoms with Crippen LogP contribution in [0, 0.1) is 0 Å². The SMILES string of the molecule is CCn1c(C(C)O)cc2cccc(Br)c21. The summed E-state index contributed by atoms with van der Waals surface area (Å²) in [6.45, 7) is 4.76. The summed E-state index contributed by atoms with van der Waals surface area (Å²) in [6.07, 6.45) is -0.427. The predicted molar refractivity (Wildman–Crippen MR) is 65.9 cm³/mol. The zero-order chi connectivity index (χ0) is 11.0. The summed E-state index contributed by atoms with van der Waals surface area (Å²) in [5.41, 5.74) is 2.13.